The maximum Gasteiger partial charge on any atom is 0.145 e. The van der Waals surface area contributed by atoms with Crippen LogP contribution in [0.3, 0.4) is 0 Å². The van der Waals surface area contributed by atoms with Crippen molar-refractivity contribution in [3.8, 4) is 11.8 Å². The number of nitrogens with zero attached hydrogens (tertiary/aromatic N) is 2. The number of carbonyl (C=O) groups excluding carboxylic acids is 1. The minimum atomic E-state index is 0.628. The summed E-state index contributed by atoms with van der Waals surface area (Å²) in [5.41, 5.74) is 3.49. The first kappa shape index (κ1) is 21.1. The van der Waals surface area contributed by atoms with Crippen LogP contribution in [0.5, 0.6) is 5.75 Å². The van der Waals surface area contributed by atoms with Gasteiger partial charge in [-0.1, -0.05) is 46.9 Å². The number of aldehydes is 1. The molecule has 5 heteroatoms. The van der Waals surface area contributed by atoms with E-state index in [0.29, 0.717) is 25.1 Å². The molecular weight excluding hydrogens is 427 g/mol. The first-order valence-corrected chi connectivity index (χ1v) is 9.11. The Kier molecular flexibility index (Phi) is 9.81. The number of likely N-dealkylation sites (N-methyl/N-ethyl adjacent to an activating group) is 1. The zero-order chi connectivity index (χ0) is 18.7. The molecule has 0 aliphatic carbocycles. The first-order chi connectivity index (χ1) is 12.0. The van der Waals surface area contributed by atoms with Crippen LogP contribution in [0.2, 0.25) is 0 Å². The number of para-hydroxylation sites is 1. The summed E-state index contributed by atoms with van der Waals surface area (Å²) < 4.78 is 7.16. The van der Waals surface area contributed by atoms with Gasteiger partial charge < -0.3 is 4.74 Å². The van der Waals surface area contributed by atoms with Crippen LogP contribution in [0, 0.1) is 11.3 Å². The lowest BCUT2D eigenvalue weighted by molar-refractivity contribution is -0.104. The summed E-state index contributed by atoms with van der Waals surface area (Å²) in [4.78, 5) is 13.4. The molecule has 0 fully saturated rings. The molecule has 1 rings (SSSR count). The maximum absolute atomic E-state index is 11.3. The Hall–Kier alpha value is -1.91. The first-order valence-electron chi connectivity index (χ1n) is 7.87. The van der Waals surface area contributed by atoms with Crippen LogP contribution in [0.25, 0.3) is 0 Å². The van der Waals surface area contributed by atoms with Gasteiger partial charge in [0.2, 0.25) is 0 Å². The molecule has 25 heavy (non-hydrogen) atoms. The van der Waals surface area contributed by atoms with E-state index in [1.807, 2.05) is 44.3 Å². The fraction of sp³-hybridized carbons (Fsp3) is 0.300. The van der Waals surface area contributed by atoms with E-state index in [0.717, 1.165) is 28.7 Å². The predicted molar refractivity (Wildman–Crippen MR) is 110 cm³/mol. The van der Waals surface area contributed by atoms with E-state index in [4.69, 9.17) is 10.00 Å². The van der Waals surface area contributed by atoms with Gasteiger partial charge in [0.15, 0.2) is 0 Å². The molecule has 0 amide bonds. The predicted octanol–water partition coefficient (Wildman–Crippen LogP) is 4.08. The number of allylic oxidation sites excluding steroid dienone is 3. The van der Waals surface area contributed by atoms with Gasteiger partial charge in [0.1, 0.15) is 12.0 Å². The molecule has 0 aliphatic rings. The third-order valence-corrected chi connectivity index (χ3v) is 4.42. The molecule has 0 saturated heterocycles. The van der Waals surface area contributed by atoms with E-state index in [1.165, 1.54) is 0 Å². The molecule has 4 nitrogen and oxygen atoms in total. The summed E-state index contributed by atoms with van der Waals surface area (Å²) in [6.45, 7) is 3.20. The van der Waals surface area contributed by atoms with Crippen LogP contribution in [0.15, 0.2) is 57.2 Å². The standard InChI is InChI=1S/C20H23IN2O2/c1-16(15-24)19(11-18-8-4-5-9-20(18)25-3)14-23(2)10-6-7-17(12-21)13-22/h4-9,12,15H,10-11,14H2,1-3H3/b7-6-,17-12+,19-16-. The van der Waals surface area contributed by atoms with Crippen LogP contribution in [0.4, 0.5) is 0 Å². The SMILES string of the molecule is COc1ccccc1C/C(CN(C)C/C=C\C(C#N)=C/I)=C(\C)C=O. The van der Waals surface area contributed by atoms with Crippen molar-refractivity contribution in [3.05, 3.63) is 62.8 Å². The van der Waals surface area contributed by atoms with Crippen molar-refractivity contribution in [2.24, 2.45) is 0 Å². The van der Waals surface area contributed by atoms with Crippen LogP contribution < -0.4 is 4.74 Å². The van der Waals surface area contributed by atoms with Crippen LogP contribution in [-0.2, 0) is 11.2 Å². The molecule has 132 valence electrons. The van der Waals surface area contributed by atoms with Gasteiger partial charge in [-0.2, -0.15) is 5.26 Å². The summed E-state index contributed by atoms with van der Waals surface area (Å²) in [6, 6.07) is 9.96. The van der Waals surface area contributed by atoms with Gasteiger partial charge in [-0.25, -0.2) is 0 Å². The van der Waals surface area contributed by atoms with Crippen LogP contribution in [-0.4, -0.2) is 38.4 Å². The second kappa shape index (κ2) is 11.6. The zero-order valence-electron chi connectivity index (χ0n) is 14.8. The second-order valence-corrected chi connectivity index (χ2v) is 6.29. The van der Waals surface area contributed by atoms with E-state index >= 15 is 0 Å². The largest absolute Gasteiger partial charge is 0.496 e. The fourth-order valence-corrected chi connectivity index (χ4v) is 2.68. The quantitative estimate of drug-likeness (QED) is 0.187. The van der Waals surface area contributed by atoms with Gasteiger partial charge in [-0.3, -0.25) is 9.69 Å². The summed E-state index contributed by atoms with van der Waals surface area (Å²) in [6.07, 6.45) is 5.32. The highest BCUT2D eigenvalue weighted by molar-refractivity contribution is 14.1. The molecule has 0 spiro atoms. The molecule has 0 heterocycles. The minimum absolute atomic E-state index is 0.628. The summed E-state index contributed by atoms with van der Waals surface area (Å²) in [5.74, 6) is 0.826. The number of hydrogen-bond donors (Lipinski definition) is 0. The summed E-state index contributed by atoms with van der Waals surface area (Å²) >= 11 is 2.05. The zero-order valence-corrected chi connectivity index (χ0v) is 17.0. The van der Waals surface area contributed by atoms with Crippen molar-refractivity contribution in [2.75, 3.05) is 27.2 Å². The van der Waals surface area contributed by atoms with Gasteiger partial charge in [0.05, 0.1) is 18.8 Å². The number of nitriles is 1. The molecular formula is C20H23IN2O2. The molecule has 1 aromatic rings. The van der Waals surface area contributed by atoms with E-state index in [2.05, 4.69) is 33.6 Å². The Labute approximate surface area is 163 Å². The summed E-state index contributed by atoms with van der Waals surface area (Å²) in [7, 11) is 3.64. The lowest BCUT2D eigenvalue weighted by Crippen LogP contribution is -2.23. The number of halogens is 1. The monoisotopic (exact) mass is 450 g/mol. The second-order valence-electron chi connectivity index (χ2n) is 5.67. The number of methoxy groups -OCH3 is 1. The van der Waals surface area contributed by atoms with Crippen molar-refractivity contribution in [2.45, 2.75) is 13.3 Å². The molecule has 0 atom stereocenters. The van der Waals surface area contributed by atoms with Gasteiger partial charge in [0, 0.05) is 13.1 Å². The maximum atomic E-state index is 11.3. The number of carbonyl (C=O) groups is 1. The third-order valence-electron chi connectivity index (χ3n) is 3.75. The highest BCUT2D eigenvalue weighted by atomic mass is 127. The minimum Gasteiger partial charge on any atom is -0.496 e. The van der Waals surface area contributed by atoms with E-state index in [1.54, 1.807) is 17.3 Å². The number of hydrogen-bond acceptors (Lipinski definition) is 4. The van der Waals surface area contributed by atoms with Crippen molar-refractivity contribution >= 4 is 28.9 Å². The van der Waals surface area contributed by atoms with Gasteiger partial charge >= 0.3 is 0 Å². The average Bonchev–Trinajstić information content (AvgIpc) is 2.64. The molecule has 0 radical (unpaired) electrons. The molecule has 0 aliphatic heterocycles. The lowest BCUT2D eigenvalue weighted by Gasteiger charge is -2.19. The van der Waals surface area contributed by atoms with Crippen LogP contribution in [0.1, 0.15) is 12.5 Å². The molecule has 1 aromatic carbocycles. The van der Waals surface area contributed by atoms with Gasteiger partial charge in [0.25, 0.3) is 0 Å². The Bertz CT molecular complexity index is 715. The number of ether oxygens (including phenoxy) is 1. The van der Waals surface area contributed by atoms with E-state index in [-0.39, 0.29) is 0 Å². The Morgan fingerprint density at radius 1 is 1.40 bits per heavy atom. The van der Waals surface area contributed by atoms with E-state index in [9.17, 15) is 4.79 Å². The van der Waals surface area contributed by atoms with E-state index < -0.39 is 0 Å². The smallest absolute Gasteiger partial charge is 0.145 e. The van der Waals surface area contributed by atoms with Crippen LogP contribution >= 0.6 is 22.6 Å². The van der Waals surface area contributed by atoms with Crippen molar-refractivity contribution in [3.63, 3.8) is 0 Å². The normalized spacial score (nSPS) is 12.9. The van der Waals surface area contributed by atoms with Crippen molar-refractivity contribution < 1.29 is 9.53 Å². The Morgan fingerprint density at radius 2 is 2.12 bits per heavy atom. The Balaban J connectivity index is 2.85. The highest BCUT2D eigenvalue weighted by Gasteiger charge is 2.10. The summed E-state index contributed by atoms with van der Waals surface area (Å²) in [5, 5.41) is 8.91. The topological polar surface area (TPSA) is 53.3 Å². The highest BCUT2D eigenvalue weighted by Crippen LogP contribution is 2.22. The number of benzene rings is 1. The molecule has 0 unspecified atom stereocenters. The molecule has 0 saturated carbocycles. The fourth-order valence-electron chi connectivity index (χ4n) is 2.33. The number of rotatable bonds is 9. The van der Waals surface area contributed by atoms with Crippen molar-refractivity contribution in [1.82, 2.24) is 4.90 Å². The van der Waals surface area contributed by atoms with Crippen molar-refractivity contribution in [1.29, 1.82) is 5.26 Å². The molecule has 0 N–H and O–H groups in total. The molecule has 0 bridgehead atoms. The average molecular weight is 450 g/mol. The molecule has 0 aromatic heterocycles. The van der Waals surface area contributed by atoms with Gasteiger partial charge in [-0.05, 0) is 53.3 Å². The third kappa shape index (κ3) is 7.24. The Morgan fingerprint density at radius 3 is 2.72 bits per heavy atom. The lowest BCUT2D eigenvalue weighted by atomic mass is 10.00. The van der Waals surface area contributed by atoms with Gasteiger partial charge in [-0.15, -0.1) is 0 Å².